The maximum Gasteiger partial charge on any atom is 0.185 e. The Balaban J connectivity index is 1.36. The van der Waals surface area contributed by atoms with Crippen molar-refractivity contribution in [1.82, 2.24) is 0 Å². The topological polar surface area (TPSA) is 66.4 Å². The molecule has 0 radical (unpaired) electrons. The van der Waals surface area contributed by atoms with Crippen molar-refractivity contribution in [3.63, 3.8) is 0 Å². The zero-order chi connectivity index (χ0) is 28.1. The summed E-state index contributed by atoms with van der Waals surface area (Å²) in [4.78, 5) is 0. The Morgan fingerprint density at radius 3 is 1.39 bits per heavy atom. The van der Waals surface area contributed by atoms with Gasteiger partial charge in [0.25, 0.3) is 0 Å². The van der Waals surface area contributed by atoms with Crippen molar-refractivity contribution >= 4 is 0 Å². The van der Waals surface area contributed by atoms with Crippen molar-refractivity contribution < 1.29 is 28.8 Å². The maximum atomic E-state index is 10.7. The molecule has 41 heavy (non-hydrogen) atoms. The van der Waals surface area contributed by atoms with E-state index in [0.29, 0.717) is 26.4 Å². The lowest BCUT2D eigenvalue weighted by Crippen LogP contribution is -2.59. The lowest BCUT2D eigenvalue weighted by atomic mass is 9.89. The molecule has 0 bridgehead atoms. The molecule has 1 heterocycles. The van der Waals surface area contributed by atoms with E-state index in [4.69, 9.17) is 23.7 Å². The minimum Gasteiger partial charge on any atom is -0.396 e. The second-order valence-corrected chi connectivity index (χ2v) is 10.2. The predicted octanol–water partition coefficient (Wildman–Crippen LogP) is 5.92. The third-order valence-corrected chi connectivity index (χ3v) is 7.22. The van der Waals surface area contributed by atoms with Gasteiger partial charge in [-0.15, -0.1) is 0 Å². The van der Waals surface area contributed by atoms with E-state index in [1.165, 1.54) is 0 Å². The van der Waals surface area contributed by atoms with Crippen LogP contribution >= 0.6 is 0 Å². The summed E-state index contributed by atoms with van der Waals surface area (Å²) in [5.41, 5.74) is 4.17. The molecule has 6 heteroatoms. The van der Waals surface area contributed by atoms with Crippen LogP contribution in [0, 0.1) is 5.92 Å². The highest BCUT2D eigenvalue weighted by atomic mass is 16.7. The Labute approximate surface area is 242 Å². The normalized spacial score (nSPS) is 22.4. The second-order valence-electron chi connectivity index (χ2n) is 10.2. The van der Waals surface area contributed by atoms with E-state index in [0.717, 1.165) is 22.3 Å². The molecule has 6 nitrogen and oxygen atoms in total. The first kappa shape index (κ1) is 29.1. The first-order chi connectivity index (χ1) is 20.3. The van der Waals surface area contributed by atoms with Crippen LogP contribution in [0.3, 0.4) is 0 Å². The highest BCUT2D eigenvalue weighted by Gasteiger charge is 2.47. The molecule has 1 N–H and O–H groups in total. The molecule has 5 rings (SSSR count). The van der Waals surface area contributed by atoms with Crippen molar-refractivity contribution in [3.05, 3.63) is 144 Å². The zero-order valence-electron chi connectivity index (χ0n) is 23.2. The van der Waals surface area contributed by atoms with E-state index < -0.39 is 30.5 Å². The van der Waals surface area contributed by atoms with Crippen LogP contribution in [-0.2, 0) is 50.1 Å². The summed E-state index contributed by atoms with van der Waals surface area (Å²) in [5, 5.41) is 10.7. The smallest absolute Gasteiger partial charge is 0.185 e. The van der Waals surface area contributed by atoms with Crippen molar-refractivity contribution in [2.24, 2.45) is 5.92 Å². The Hall–Kier alpha value is -3.36. The van der Waals surface area contributed by atoms with Crippen molar-refractivity contribution in [3.8, 4) is 0 Å². The van der Waals surface area contributed by atoms with E-state index in [1.807, 2.05) is 121 Å². The van der Waals surface area contributed by atoms with Gasteiger partial charge in [0.1, 0.15) is 12.2 Å². The molecular weight excluding hydrogens is 516 g/mol. The Bertz CT molecular complexity index is 1260. The van der Waals surface area contributed by atoms with Crippen LogP contribution in [0.5, 0.6) is 0 Å². The van der Waals surface area contributed by atoms with Crippen LogP contribution in [0.15, 0.2) is 121 Å². The minimum absolute atomic E-state index is 0.150. The molecule has 4 aromatic carbocycles. The average Bonchev–Trinajstić information content (AvgIpc) is 3.04. The molecule has 0 aromatic heterocycles. The highest BCUT2D eigenvalue weighted by Crippen LogP contribution is 2.33. The minimum atomic E-state index is -0.724. The molecule has 1 fully saturated rings. The van der Waals surface area contributed by atoms with Gasteiger partial charge in [-0.3, -0.25) is 0 Å². The van der Waals surface area contributed by atoms with E-state index in [9.17, 15) is 5.11 Å². The quantitative estimate of drug-likeness (QED) is 0.209. The lowest BCUT2D eigenvalue weighted by Gasteiger charge is -2.45. The Morgan fingerprint density at radius 1 is 0.512 bits per heavy atom. The molecule has 1 aliphatic heterocycles. The fourth-order valence-electron chi connectivity index (χ4n) is 5.05. The summed E-state index contributed by atoms with van der Waals surface area (Å²) < 4.78 is 32.0. The van der Waals surface area contributed by atoms with E-state index in [1.54, 1.807) is 0 Å². The van der Waals surface area contributed by atoms with Crippen LogP contribution in [-0.4, -0.2) is 42.9 Å². The number of ether oxygens (including phenoxy) is 5. The summed E-state index contributed by atoms with van der Waals surface area (Å²) in [6, 6.07) is 39.9. The number of hydrogen-bond acceptors (Lipinski definition) is 6. The first-order valence-electron chi connectivity index (χ1n) is 14.1. The fourth-order valence-corrected chi connectivity index (χ4v) is 5.05. The third-order valence-electron chi connectivity index (χ3n) is 7.22. The fraction of sp³-hybridized carbons (Fsp3) is 0.314. The van der Waals surface area contributed by atoms with Gasteiger partial charge in [-0.25, -0.2) is 0 Å². The van der Waals surface area contributed by atoms with Crippen molar-refractivity contribution in [2.75, 3.05) is 13.2 Å². The highest BCUT2D eigenvalue weighted by molar-refractivity contribution is 5.16. The molecular formula is C35H38O6. The summed E-state index contributed by atoms with van der Waals surface area (Å²) in [5.74, 6) is -0.401. The summed E-state index contributed by atoms with van der Waals surface area (Å²) in [6.07, 6.45) is -2.24. The molecule has 4 aromatic rings. The third kappa shape index (κ3) is 8.57. The number of aliphatic hydroxyl groups excluding tert-OH is 1. The van der Waals surface area contributed by atoms with Gasteiger partial charge < -0.3 is 28.8 Å². The standard InChI is InChI=1S/C35H38O6/c36-21-31-33(38-23-28-15-7-2-8-16-28)32(26-37-22-27-13-5-1-6-14-27)41-35(40-25-30-19-11-4-12-20-30)34(31)39-24-29-17-9-3-10-18-29/h1-20,31-36H,21-26H2/t31-,32+,33+,34+,35+/m0/s1. The first-order valence-corrected chi connectivity index (χ1v) is 14.1. The molecule has 0 aliphatic carbocycles. The van der Waals surface area contributed by atoms with Crippen molar-refractivity contribution in [1.29, 1.82) is 0 Å². The van der Waals surface area contributed by atoms with Gasteiger partial charge in [-0.2, -0.15) is 0 Å². The number of hydrogen-bond donors (Lipinski definition) is 1. The van der Waals surface area contributed by atoms with Gasteiger partial charge in [-0.05, 0) is 22.3 Å². The predicted molar refractivity (Wildman–Crippen MR) is 157 cm³/mol. The van der Waals surface area contributed by atoms with Crippen LogP contribution < -0.4 is 0 Å². The van der Waals surface area contributed by atoms with Crippen LogP contribution in [0.1, 0.15) is 22.3 Å². The molecule has 5 atom stereocenters. The van der Waals surface area contributed by atoms with Gasteiger partial charge in [0, 0.05) is 5.92 Å². The number of benzene rings is 4. The summed E-state index contributed by atoms with van der Waals surface area (Å²) in [6.45, 7) is 1.66. The molecule has 0 amide bonds. The SMILES string of the molecule is OC[C@H]1[C@@H](OCc2ccccc2)[C@@H](COCc2ccccc2)O[C@@H](OCc2ccccc2)[C@@H]1OCc1ccccc1. The molecule has 1 aliphatic rings. The van der Waals surface area contributed by atoms with Gasteiger partial charge in [-0.1, -0.05) is 121 Å². The Morgan fingerprint density at radius 2 is 0.927 bits per heavy atom. The number of aliphatic hydroxyl groups is 1. The van der Waals surface area contributed by atoms with Crippen LogP contribution in [0.25, 0.3) is 0 Å². The monoisotopic (exact) mass is 554 g/mol. The summed E-state index contributed by atoms with van der Waals surface area (Å²) in [7, 11) is 0. The molecule has 0 saturated carbocycles. The van der Waals surface area contributed by atoms with Gasteiger partial charge >= 0.3 is 0 Å². The van der Waals surface area contributed by atoms with E-state index in [2.05, 4.69) is 0 Å². The molecule has 0 spiro atoms. The van der Waals surface area contributed by atoms with E-state index >= 15 is 0 Å². The maximum absolute atomic E-state index is 10.7. The lowest BCUT2D eigenvalue weighted by molar-refractivity contribution is -0.316. The largest absolute Gasteiger partial charge is 0.396 e. The van der Waals surface area contributed by atoms with Gasteiger partial charge in [0.2, 0.25) is 0 Å². The average molecular weight is 555 g/mol. The number of rotatable bonds is 14. The molecule has 1 saturated heterocycles. The van der Waals surface area contributed by atoms with Crippen LogP contribution in [0.2, 0.25) is 0 Å². The zero-order valence-corrected chi connectivity index (χ0v) is 23.2. The van der Waals surface area contributed by atoms with Gasteiger partial charge in [0.05, 0.1) is 45.7 Å². The van der Waals surface area contributed by atoms with Crippen LogP contribution in [0.4, 0.5) is 0 Å². The second kappa shape index (κ2) is 15.6. The van der Waals surface area contributed by atoms with E-state index in [-0.39, 0.29) is 13.2 Å². The van der Waals surface area contributed by atoms with Gasteiger partial charge in [0.15, 0.2) is 6.29 Å². The van der Waals surface area contributed by atoms with Crippen molar-refractivity contribution in [2.45, 2.75) is 51.0 Å². The molecule has 214 valence electrons. The summed E-state index contributed by atoms with van der Waals surface area (Å²) >= 11 is 0. The Kier molecular flexibility index (Phi) is 11.1. The molecule has 0 unspecified atom stereocenters.